The summed E-state index contributed by atoms with van der Waals surface area (Å²) in [6.45, 7) is 0. The van der Waals surface area contributed by atoms with Crippen LogP contribution in [0.3, 0.4) is 0 Å². The number of esters is 1. The van der Waals surface area contributed by atoms with Gasteiger partial charge in [0.25, 0.3) is 0 Å². The summed E-state index contributed by atoms with van der Waals surface area (Å²) in [7, 11) is 1.19. The highest BCUT2D eigenvalue weighted by atomic mass is 19.1. The molecule has 1 aromatic carbocycles. The maximum Gasteiger partial charge on any atom is 0.340 e. The van der Waals surface area contributed by atoms with E-state index in [1.165, 1.54) is 13.2 Å². The molecular formula is C8H9FN2O2. The largest absolute Gasteiger partial charge is 0.465 e. The van der Waals surface area contributed by atoms with E-state index in [-0.39, 0.29) is 16.9 Å². The first-order valence-corrected chi connectivity index (χ1v) is 3.49. The molecule has 0 atom stereocenters. The Morgan fingerprint density at radius 3 is 2.54 bits per heavy atom. The van der Waals surface area contributed by atoms with Crippen LogP contribution in [0.25, 0.3) is 0 Å². The van der Waals surface area contributed by atoms with Crippen LogP contribution in [0.4, 0.5) is 15.8 Å². The summed E-state index contributed by atoms with van der Waals surface area (Å²) in [6, 6.07) is 2.14. The summed E-state index contributed by atoms with van der Waals surface area (Å²) < 4.78 is 17.3. The van der Waals surface area contributed by atoms with Crippen molar-refractivity contribution < 1.29 is 13.9 Å². The third-order valence-corrected chi connectivity index (χ3v) is 1.57. The molecule has 0 fully saturated rings. The van der Waals surface area contributed by atoms with Crippen LogP contribution in [0.5, 0.6) is 0 Å². The lowest BCUT2D eigenvalue weighted by molar-refractivity contribution is 0.0601. The molecule has 1 aromatic rings. The fourth-order valence-corrected chi connectivity index (χ4v) is 0.894. The Balaban J connectivity index is 3.23. The summed E-state index contributed by atoms with van der Waals surface area (Å²) in [6.07, 6.45) is 0. The van der Waals surface area contributed by atoms with Crippen molar-refractivity contribution in [1.82, 2.24) is 0 Å². The predicted octanol–water partition coefficient (Wildman–Crippen LogP) is 0.777. The van der Waals surface area contributed by atoms with Gasteiger partial charge in [0.2, 0.25) is 0 Å². The van der Waals surface area contributed by atoms with Gasteiger partial charge in [-0.3, -0.25) is 0 Å². The molecule has 0 aliphatic rings. The Morgan fingerprint density at radius 1 is 1.38 bits per heavy atom. The molecule has 0 unspecified atom stereocenters. The van der Waals surface area contributed by atoms with Crippen LogP contribution in [0, 0.1) is 5.82 Å². The van der Waals surface area contributed by atoms with Gasteiger partial charge in [-0.05, 0) is 12.1 Å². The van der Waals surface area contributed by atoms with Crippen molar-refractivity contribution in [2.75, 3.05) is 18.6 Å². The lowest BCUT2D eigenvalue weighted by atomic mass is 10.1. The third kappa shape index (κ3) is 1.69. The molecule has 0 amide bonds. The molecule has 13 heavy (non-hydrogen) atoms. The highest BCUT2D eigenvalue weighted by molar-refractivity contribution is 5.95. The van der Waals surface area contributed by atoms with Crippen LogP contribution in [0.2, 0.25) is 0 Å². The van der Waals surface area contributed by atoms with Crippen molar-refractivity contribution >= 4 is 17.3 Å². The fraction of sp³-hybridized carbons (Fsp3) is 0.125. The number of anilines is 2. The number of rotatable bonds is 1. The molecule has 0 aromatic heterocycles. The van der Waals surface area contributed by atoms with Crippen molar-refractivity contribution in [3.8, 4) is 0 Å². The average molecular weight is 184 g/mol. The summed E-state index contributed by atoms with van der Waals surface area (Å²) in [5.74, 6) is -1.37. The second-order valence-electron chi connectivity index (χ2n) is 2.45. The van der Waals surface area contributed by atoms with Gasteiger partial charge in [-0.15, -0.1) is 0 Å². The van der Waals surface area contributed by atoms with Gasteiger partial charge in [-0.25, -0.2) is 9.18 Å². The molecule has 70 valence electrons. The molecule has 0 aliphatic carbocycles. The molecule has 0 radical (unpaired) electrons. The van der Waals surface area contributed by atoms with Gasteiger partial charge in [-0.2, -0.15) is 0 Å². The SMILES string of the molecule is COC(=O)c1cc(F)c(N)cc1N. The average Bonchev–Trinajstić information content (AvgIpc) is 2.10. The second-order valence-corrected chi connectivity index (χ2v) is 2.45. The van der Waals surface area contributed by atoms with Crippen LogP contribution in [0.1, 0.15) is 10.4 Å². The standard InChI is InChI=1S/C8H9FN2O2/c1-13-8(12)4-2-5(9)7(11)3-6(4)10/h2-3H,10-11H2,1H3. The lowest BCUT2D eigenvalue weighted by Crippen LogP contribution is -2.07. The number of carbonyl (C=O) groups excluding carboxylic acids is 1. The molecule has 0 bridgehead atoms. The Bertz CT molecular complexity index is 352. The van der Waals surface area contributed by atoms with Gasteiger partial charge in [0, 0.05) is 5.69 Å². The first kappa shape index (κ1) is 9.31. The number of nitrogen functional groups attached to an aromatic ring is 2. The van der Waals surface area contributed by atoms with Crippen LogP contribution < -0.4 is 11.5 Å². The van der Waals surface area contributed by atoms with E-state index in [2.05, 4.69) is 4.74 Å². The van der Waals surface area contributed by atoms with E-state index in [9.17, 15) is 9.18 Å². The number of hydrogen-bond acceptors (Lipinski definition) is 4. The third-order valence-electron chi connectivity index (χ3n) is 1.57. The number of methoxy groups -OCH3 is 1. The van der Waals surface area contributed by atoms with Crippen molar-refractivity contribution in [2.45, 2.75) is 0 Å². The van der Waals surface area contributed by atoms with E-state index < -0.39 is 11.8 Å². The number of halogens is 1. The minimum Gasteiger partial charge on any atom is -0.465 e. The van der Waals surface area contributed by atoms with Gasteiger partial charge in [0.1, 0.15) is 5.82 Å². The minimum atomic E-state index is -0.686. The second kappa shape index (κ2) is 3.30. The predicted molar refractivity (Wildman–Crippen MR) is 46.6 cm³/mol. The van der Waals surface area contributed by atoms with Crippen LogP contribution >= 0.6 is 0 Å². The molecule has 0 saturated heterocycles. The van der Waals surface area contributed by atoms with Crippen LogP contribution in [0.15, 0.2) is 12.1 Å². The maximum atomic E-state index is 12.9. The fourth-order valence-electron chi connectivity index (χ4n) is 0.894. The van der Waals surface area contributed by atoms with Crippen LogP contribution in [-0.2, 0) is 4.74 Å². The van der Waals surface area contributed by atoms with Crippen molar-refractivity contribution in [2.24, 2.45) is 0 Å². The lowest BCUT2D eigenvalue weighted by Gasteiger charge is -2.04. The number of nitrogens with two attached hydrogens (primary N) is 2. The Hall–Kier alpha value is -1.78. The smallest absolute Gasteiger partial charge is 0.340 e. The first-order valence-electron chi connectivity index (χ1n) is 3.49. The topological polar surface area (TPSA) is 78.3 Å². The summed E-state index contributed by atoms with van der Waals surface area (Å²) in [5, 5.41) is 0. The monoisotopic (exact) mass is 184 g/mol. The molecule has 1 rings (SSSR count). The summed E-state index contributed by atoms with van der Waals surface area (Å²) in [4.78, 5) is 11.0. The Kier molecular flexibility index (Phi) is 2.36. The summed E-state index contributed by atoms with van der Waals surface area (Å²) in [5.41, 5.74) is 10.6. The van der Waals surface area contributed by atoms with E-state index >= 15 is 0 Å². The van der Waals surface area contributed by atoms with Gasteiger partial charge in [0.05, 0.1) is 18.4 Å². The highest BCUT2D eigenvalue weighted by Crippen LogP contribution is 2.20. The van der Waals surface area contributed by atoms with E-state index in [1.54, 1.807) is 0 Å². The molecule has 4 N–H and O–H groups in total. The molecule has 4 nitrogen and oxygen atoms in total. The Labute approximate surface area is 74.3 Å². The zero-order valence-electron chi connectivity index (χ0n) is 7.00. The van der Waals surface area contributed by atoms with Crippen molar-refractivity contribution in [3.05, 3.63) is 23.5 Å². The van der Waals surface area contributed by atoms with E-state index in [0.29, 0.717) is 0 Å². The van der Waals surface area contributed by atoms with E-state index in [1.807, 2.05) is 0 Å². The van der Waals surface area contributed by atoms with Crippen molar-refractivity contribution in [1.29, 1.82) is 0 Å². The van der Waals surface area contributed by atoms with Crippen molar-refractivity contribution in [3.63, 3.8) is 0 Å². The van der Waals surface area contributed by atoms with E-state index in [4.69, 9.17) is 11.5 Å². The highest BCUT2D eigenvalue weighted by Gasteiger charge is 2.12. The van der Waals surface area contributed by atoms with Gasteiger partial charge in [0.15, 0.2) is 0 Å². The van der Waals surface area contributed by atoms with E-state index in [0.717, 1.165) is 6.07 Å². The molecule has 5 heteroatoms. The molecule has 0 spiro atoms. The number of carbonyl (C=O) groups is 1. The van der Waals surface area contributed by atoms with Gasteiger partial charge in [-0.1, -0.05) is 0 Å². The van der Waals surface area contributed by atoms with Gasteiger partial charge >= 0.3 is 5.97 Å². The normalized spacial score (nSPS) is 9.69. The van der Waals surface area contributed by atoms with Crippen LogP contribution in [-0.4, -0.2) is 13.1 Å². The number of hydrogen-bond donors (Lipinski definition) is 2. The van der Waals surface area contributed by atoms with Gasteiger partial charge < -0.3 is 16.2 Å². The minimum absolute atomic E-state index is 0.0193. The Morgan fingerprint density at radius 2 is 2.00 bits per heavy atom. The summed E-state index contributed by atoms with van der Waals surface area (Å²) >= 11 is 0. The molecule has 0 aliphatic heterocycles. The molecule has 0 saturated carbocycles. The molecule has 0 heterocycles. The number of benzene rings is 1. The molecular weight excluding hydrogens is 175 g/mol. The zero-order valence-corrected chi connectivity index (χ0v) is 7.00. The number of ether oxygens (including phenoxy) is 1. The first-order chi connectivity index (χ1) is 6.06. The maximum absolute atomic E-state index is 12.9. The zero-order chi connectivity index (χ0) is 10.0. The quantitative estimate of drug-likeness (QED) is 0.499.